The lowest BCUT2D eigenvalue weighted by molar-refractivity contribution is 0.0698. The maximum absolute atomic E-state index is 12.2. The van der Waals surface area contributed by atoms with Crippen LogP contribution in [0.5, 0.6) is 0 Å². The fourth-order valence-corrected chi connectivity index (χ4v) is 3.09. The molecular weight excluding hydrogens is 264 g/mol. The van der Waals surface area contributed by atoms with E-state index < -0.39 is 5.97 Å². The summed E-state index contributed by atoms with van der Waals surface area (Å²) >= 11 is 1.24. The van der Waals surface area contributed by atoms with Crippen LogP contribution in [-0.4, -0.2) is 34.6 Å². The number of carboxylic acid groups (broad SMARTS) is 1. The van der Waals surface area contributed by atoms with Gasteiger partial charge in [0.25, 0.3) is 0 Å². The molecule has 2 rings (SSSR count). The molecule has 2 N–H and O–H groups in total. The summed E-state index contributed by atoms with van der Waals surface area (Å²) in [5.41, 5.74) is 0.154. The summed E-state index contributed by atoms with van der Waals surface area (Å²) in [6.07, 6.45) is 4.30. The number of hydrogen-bond acceptors (Lipinski definition) is 3. The second kappa shape index (κ2) is 6.06. The number of rotatable bonds is 2. The maximum atomic E-state index is 12.2. The standard InChI is InChI=1S/C13H18N2O3S/c1-9-5-3-2-4-7-15(9)13(18)14-11-10(12(16)17)6-8-19-11/h6,8-9H,2-5,7H2,1H3,(H,14,18)(H,16,17). The van der Waals surface area contributed by atoms with Crippen LogP contribution in [0.15, 0.2) is 11.4 Å². The lowest BCUT2D eigenvalue weighted by Crippen LogP contribution is -2.41. The monoisotopic (exact) mass is 282 g/mol. The first-order valence-corrected chi connectivity index (χ1v) is 7.36. The number of hydrogen-bond donors (Lipinski definition) is 2. The molecule has 1 unspecified atom stereocenters. The van der Waals surface area contributed by atoms with Crippen molar-refractivity contribution in [2.75, 3.05) is 11.9 Å². The summed E-state index contributed by atoms with van der Waals surface area (Å²) in [7, 11) is 0. The number of nitrogens with one attached hydrogen (secondary N) is 1. The van der Waals surface area contributed by atoms with Crippen molar-refractivity contribution in [3.63, 3.8) is 0 Å². The Kier molecular flexibility index (Phi) is 4.42. The summed E-state index contributed by atoms with van der Waals surface area (Å²) in [6.45, 7) is 2.78. The third kappa shape index (κ3) is 3.26. The molecule has 6 heteroatoms. The van der Waals surface area contributed by atoms with Crippen molar-refractivity contribution in [1.82, 2.24) is 4.90 Å². The molecule has 5 nitrogen and oxygen atoms in total. The zero-order valence-corrected chi connectivity index (χ0v) is 11.7. The minimum Gasteiger partial charge on any atom is -0.478 e. The van der Waals surface area contributed by atoms with Crippen molar-refractivity contribution in [2.45, 2.75) is 38.6 Å². The van der Waals surface area contributed by atoms with Crippen LogP contribution in [0.1, 0.15) is 43.0 Å². The Hall–Kier alpha value is -1.56. The predicted octanol–water partition coefficient (Wildman–Crippen LogP) is 3.24. The van der Waals surface area contributed by atoms with Gasteiger partial charge in [-0.1, -0.05) is 12.8 Å². The van der Waals surface area contributed by atoms with Crippen LogP contribution in [0, 0.1) is 0 Å². The van der Waals surface area contributed by atoms with E-state index in [2.05, 4.69) is 5.32 Å². The molecule has 0 aliphatic carbocycles. The van der Waals surface area contributed by atoms with Gasteiger partial charge in [0.05, 0.1) is 5.56 Å². The van der Waals surface area contributed by atoms with E-state index in [1.165, 1.54) is 17.4 Å². The number of likely N-dealkylation sites (tertiary alicyclic amines) is 1. The number of thiophene rings is 1. The van der Waals surface area contributed by atoms with Gasteiger partial charge < -0.3 is 10.0 Å². The van der Waals surface area contributed by atoms with Crippen molar-refractivity contribution in [3.8, 4) is 0 Å². The highest BCUT2D eigenvalue weighted by Gasteiger charge is 2.23. The normalized spacial score (nSPS) is 19.8. The highest BCUT2D eigenvalue weighted by molar-refractivity contribution is 7.14. The molecule has 1 aromatic heterocycles. The predicted molar refractivity (Wildman–Crippen MR) is 74.9 cm³/mol. The molecule has 0 bridgehead atoms. The highest BCUT2D eigenvalue weighted by Crippen LogP contribution is 2.24. The number of aromatic carboxylic acids is 1. The molecule has 0 spiro atoms. The summed E-state index contributed by atoms with van der Waals surface area (Å²) in [5, 5.41) is 13.8. The zero-order valence-electron chi connectivity index (χ0n) is 10.9. The molecule has 0 radical (unpaired) electrons. The Bertz CT molecular complexity index is 472. The quantitative estimate of drug-likeness (QED) is 0.874. The van der Waals surface area contributed by atoms with Gasteiger partial charge in [-0.15, -0.1) is 11.3 Å². The van der Waals surface area contributed by atoms with Crippen molar-refractivity contribution >= 4 is 28.3 Å². The fraction of sp³-hybridized carbons (Fsp3) is 0.538. The summed E-state index contributed by atoms with van der Waals surface area (Å²) in [4.78, 5) is 25.0. The Balaban J connectivity index is 2.07. The van der Waals surface area contributed by atoms with Crippen LogP contribution in [0.3, 0.4) is 0 Å². The van der Waals surface area contributed by atoms with Crippen LogP contribution in [0.25, 0.3) is 0 Å². The third-order valence-corrected chi connectivity index (χ3v) is 4.26. The van der Waals surface area contributed by atoms with Crippen LogP contribution < -0.4 is 5.32 Å². The first-order valence-electron chi connectivity index (χ1n) is 6.48. The van der Waals surface area contributed by atoms with Gasteiger partial charge >= 0.3 is 12.0 Å². The van der Waals surface area contributed by atoms with Gasteiger partial charge in [-0.05, 0) is 31.2 Å². The van der Waals surface area contributed by atoms with Crippen molar-refractivity contribution in [2.24, 2.45) is 0 Å². The number of urea groups is 1. The smallest absolute Gasteiger partial charge is 0.338 e. The Morgan fingerprint density at radius 2 is 2.21 bits per heavy atom. The van der Waals surface area contributed by atoms with Crippen LogP contribution in [-0.2, 0) is 0 Å². The molecule has 1 saturated heterocycles. The molecular formula is C13H18N2O3S. The molecule has 1 aliphatic heterocycles. The molecule has 0 saturated carbocycles. The number of carboxylic acids is 1. The van der Waals surface area contributed by atoms with Crippen molar-refractivity contribution < 1.29 is 14.7 Å². The lowest BCUT2D eigenvalue weighted by Gasteiger charge is -2.27. The molecule has 1 aromatic rings. The summed E-state index contributed by atoms with van der Waals surface area (Å²) in [5.74, 6) is -1.01. The van der Waals surface area contributed by atoms with Crippen LogP contribution in [0.4, 0.5) is 9.80 Å². The zero-order chi connectivity index (χ0) is 13.8. The van der Waals surface area contributed by atoms with Gasteiger partial charge in [-0.2, -0.15) is 0 Å². The van der Waals surface area contributed by atoms with Gasteiger partial charge in [0.15, 0.2) is 0 Å². The van der Waals surface area contributed by atoms with Crippen LogP contribution in [0.2, 0.25) is 0 Å². The van der Waals surface area contributed by atoms with Crippen LogP contribution >= 0.6 is 11.3 Å². The van der Waals surface area contributed by atoms with Gasteiger partial charge in [0, 0.05) is 12.6 Å². The number of amides is 2. The molecule has 19 heavy (non-hydrogen) atoms. The second-order valence-corrected chi connectivity index (χ2v) is 5.71. The Morgan fingerprint density at radius 1 is 1.42 bits per heavy atom. The molecule has 1 atom stereocenters. The van der Waals surface area contributed by atoms with E-state index in [0.717, 1.165) is 32.2 Å². The largest absolute Gasteiger partial charge is 0.478 e. The average Bonchev–Trinajstić information content (AvgIpc) is 2.70. The molecule has 104 valence electrons. The van der Waals surface area contributed by atoms with Crippen molar-refractivity contribution in [1.29, 1.82) is 0 Å². The Morgan fingerprint density at radius 3 is 2.95 bits per heavy atom. The molecule has 2 amide bonds. The number of anilines is 1. The molecule has 1 fully saturated rings. The van der Waals surface area contributed by atoms with E-state index in [-0.39, 0.29) is 17.6 Å². The first kappa shape index (κ1) is 13.9. The third-order valence-electron chi connectivity index (χ3n) is 3.43. The first-order chi connectivity index (χ1) is 9.09. The molecule has 0 aromatic carbocycles. The van der Waals surface area contributed by atoms with E-state index in [1.54, 1.807) is 10.3 Å². The van der Waals surface area contributed by atoms with Gasteiger partial charge in [-0.25, -0.2) is 9.59 Å². The van der Waals surface area contributed by atoms with E-state index in [0.29, 0.717) is 5.00 Å². The lowest BCUT2D eigenvalue weighted by atomic mass is 10.1. The molecule has 1 aliphatic rings. The maximum Gasteiger partial charge on any atom is 0.338 e. The van der Waals surface area contributed by atoms with E-state index in [1.807, 2.05) is 6.92 Å². The number of carbonyl (C=O) groups is 2. The number of nitrogens with zero attached hydrogens (tertiary/aromatic N) is 1. The highest BCUT2D eigenvalue weighted by atomic mass is 32.1. The van der Waals surface area contributed by atoms with E-state index in [9.17, 15) is 9.59 Å². The van der Waals surface area contributed by atoms with Gasteiger partial charge in [0.2, 0.25) is 0 Å². The summed E-state index contributed by atoms with van der Waals surface area (Å²) < 4.78 is 0. The molecule has 2 heterocycles. The fourth-order valence-electron chi connectivity index (χ4n) is 2.32. The van der Waals surface area contributed by atoms with Gasteiger partial charge in [0.1, 0.15) is 5.00 Å². The number of carbonyl (C=O) groups excluding carboxylic acids is 1. The second-order valence-electron chi connectivity index (χ2n) is 4.79. The minimum absolute atomic E-state index is 0.154. The Labute approximate surface area is 116 Å². The van der Waals surface area contributed by atoms with E-state index >= 15 is 0 Å². The van der Waals surface area contributed by atoms with Crippen molar-refractivity contribution in [3.05, 3.63) is 17.0 Å². The van der Waals surface area contributed by atoms with Gasteiger partial charge in [-0.3, -0.25) is 5.32 Å². The topological polar surface area (TPSA) is 69.6 Å². The average molecular weight is 282 g/mol. The summed E-state index contributed by atoms with van der Waals surface area (Å²) in [6, 6.07) is 1.52. The SMILES string of the molecule is CC1CCCCCN1C(=O)Nc1sccc1C(=O)O. The van der Waals surface area contributed by atoms with E-state index in [4.69, 9.17) is 5.11 Å². The minimum atomic E-state index is -1.01.